The van der Waals surface area contributed by atoms with Crippen molar-refractivity contribution in [2.45, 2.75) is 45.0 Å². The molecule has 1 unspecified atom stereocenters. The molecule has 0 saturated carbocycles. The monoisotopic (exact) mass is 430 g/mol. The molecule has 3 aromatic carbocycles. The Morgan fingerprint density at radius 2 is 1.47 bits per heavy atom. The molecule has 6 heteroatoms. The zero-order valence-corrected chi connectivity index (χ0v) is 18.8. The summed E-state index contributed by atoms with van der Waals surface area (Å²) in [4.78, 5) is 0. The van der Waals surface area contributed by atoms with Crippen LogP contribution in [0.5, 0.6) is 23.0 Å². The Balaban J connectivity index is 1.29. The van der Waals surface area contributed by atoms with E-state index in [1.807, 2.05) is 72.8 Å². The lowest BCUT2D eigenvalue weighted by Gasteiger charge is -2.32. The highest BCUT2D eigenvalue weighted by Crippen LogP contribution is 2.43. The Kier molecular flexibility index (Phi) is 5.15. The van der Waals surface area contributed by atoms with E-state index >= 15 is 0 Å². The quantitative estimate of drug-likeness (QED) is 0.515. The lowest BCUT2D eigenvalue weighted by Crippen LogP contribution is -2.41. The molecule has 0 bridgehead atoms. The summed E-state index contributed by atoms with van der Waals surface area (Å²) in [5.74, 6) is 2.96. The van der Waals surface area contributed by atoms with Crippen LogP contribution < -0.4 is 19.7 Å². The van der Waals surface area contributed by atoms with Gasteiger partial charge in [0.15, 0.2) is 17.6 Å². The molecule has 1 atom stereocenters. The summed E-state index contributed by atoms with van der Waals surface area (Å²) >= 11 is 0. The van der Waals surface area contributed by atoms with Crippen molar-refractivity contribution >= 4 is 12.6 Å². The van der Waals surface area contributed by atoms with Gasteiger partial charge in [0, 0.05) is 5.56 Å². The molecule has 0 N–H and O–H groups in total. The standard InChI is InChI=1S/C26H27BO5/c1-25(2)26(3,4)32-27(31-25)18-13-15-20(16-14-18)30-23-17-28-24-21(23)11-8-12-22(24)29-19-9-6-5-7-10-19/h5-16,23H,17H2,1-4H3. The van der Waals surface area contributed by atoms with Crippen molar-refractivity contribution in [3.05, 3.63) is 78.4 Å². The van der Waals surface area contributed by atoms with E-state index in [-0.39, 0.29) is 24.4 Å². The molecule has 5 rings (SSSR count). The number of hydrogen-bond donors (Lipinski definition) is 0. The van der Waals surface area contributed by atoms with Crippen LogP contribution in [0.1, 0.15) is 39.4 Å². The first-order valence-electron chi connectivity index (χ1n) is 10.9. The van der Waals surface area contributed by atoms with E-state index in [4.69, 9.17) is 23.5 Å². The lowest BCUT2D eigenvalue weighted by atomic mass is 9.79. The van der Waals surface area contributed by atoms with Crippen LogP contribution in [0.25, 0.3) is 0 Å². The van der Waals surface area contributed by atoms with Crippen LogP contribution in [0.15, 0.2) is 72.8 Å². The van der Waals surface area contributed by atoms with Gasteiger partial charge in [-0.05, 0) is 63.5 Å². The van der Waals surface area contributed by atoms with Crippen molar-refractivity contribution in [2.24, 2.45) is 0 Å². The first-order chi connectivity index (χ1) is 15.3. The molecular formula is C26H27BO5. The summed E-state index contributed by atoms with van der Waals surface area (Å²) in [7, 11) is -0.387. The van der Waals surface area contributed by atoms with E-state index in [0.717, 1.165) is 28.3 Å². The van der Waals surface area contributed by atoms with E-state index in [1.54, 1.807) is 0 Å². The molecule has 32 heavy (non-hydrogen) atoms. The van der Waals surface area contributed by atoms with Gasteiger partial charge in [-0.3, -0.25) is 0 Å². The van der Waals surface area contributed by atoms with E-state index < -0.39 is 0 Å². The fraction of sp³-hybridized carbons (Fsp3) is 0.308. The van der Waals surface area contributed by atoms with Crippen molar-refractivity contribution in [3.8, 4) is 23.0 Å². The van der Waals surface area contributed by atoms with E-state index in [9.17, 15) is 0 Å². The van der Waals surface area contributed by atoms with Crippen LogP contribution in [0.2, 0.25) is 0 Å². The molecule has 0 amide bonds. The van der Waals surface area contributed by atoms with E-state index in [2.05, 4.69) is 27.7 Å². The number of ether oxygens (including phenoxy) is 3. The summed E-state index contributed by atoms with van der Waals surface area (Å²) in [5.41, 5.74) is 1.22. The van der Waals surface area contributed by atoms with Crippen LogP contribution in [0.3, 0.4) is 0 Å². The van der Waals surface area contributed by atoms with Crippen molar-refractivity contribution in [3.63, 3.8) is 0 Å². The Morgan fingerprint density at radius 3 is 2.16 bits per heavy atom. The maximum atomic E-state index is 6.24. The molecule has 2 aliphatic heterocycles. The maximum Gasteiger partial charge on any atom is 0.494 e. The molecule has 0 radical (unpaired) electrons. The number of para-hydroxylation sites is 2. The third kappa shape index (κ3) is 3.85. The van der Waals surface area contributed by atoms with Crippen LogP contribution in [-0.4, -0.2) is 24.9 Å². The second-order valence-corrected chi connectivity index (χ2v) is 9.16. The summed E-state index contributed by atoms with van der Waals surface area (Å²) in [6, 6.07) is 23.4. The Labute approximate surface area is 189 Å². The van der Waals surface area contributed by atoms with Crippen molar-refractivity contribution < 1.29 is 23.5 Å². The van der Waals surface area contributed by atoms with E-state index in [0.29, 0.717) is 12.4 Å². The SMILES string of the molecule is CC1(C)OB(c2ccc(OC3COc4c(Oc5ccccc5)cccc43)cc2)OC1(C)C. The Morgan fingerprint density at radius 1 is 0.781 bits per heavy atom. The van der Waals surface area contributed by atoms with E-state index in [1.165, 1.54) is 0 Å². The number of benzene rings is 3. The first-order valence-corrected chi connectivity index (χ1v) is 10.9. The van der Waals surface area contributed by atoms with Crippen LogP contribution >= 0.6 is 0 Å². The van der Waals surface area contributed by atoms with Gasteiger partial charge in [0.2, 0.25) is 0 Å². The predicted molar refractivity (Wildman–Crippen MR) is 124 cm³/mol. The molecule has 5 nitrogen and oxygen atoms in total. The minimum absolute atomic E-state index is 0.202. The molecule has 0 spiro atoms. The second-order valence-electron chi connectivity index (χ2n) is 9.16. The highest BCUT2D eigenvalue weighted by atomic mass is 16.7. The van der Waals surface area contributed by atoms with Gasteiger partial charge in [-0.25, -0.2) is 0 Å². The van der Waals surface area contributed by atoms with Gasteiger partial charge in [0.1, 0.15) is 18.1 Å². The third-order valence-corrected chi connectivity index (χ3v) is 6.39. The highest BCUT2D eigenvalue weighted by Gasteiger charge is 2.51. The normalized spacial score (nSPS) is 20.5. The van der Waals surface area contributed by atoms with Gasteiger partial charge in [0.25, 0.3) is 0 Å². The smallest absolute Gasteiger partial charge is 0.485 e. The first kappa shape index (κ1) is 20.9. The summed E-state index contributed by atoms with van der Waals surface area (Å²) < 4.78 is 30.5. The topological polar surface area (TPSA) is 46.2 Å². The number of fused-ring (bicyclic) bond motifs is 1. The number of rotatable bonds is 5. The minimum atomic E-state index is -0.387. The zero-order chi connectivity index (χ0) is 22.3. The largest absolute Gasteiger partial charge is 0.494 e. The lowest BCUT2D eigenvalue weighted by molar-refractivity contribution is 0.00578. The van der Waals surface area contributed by atoms with Crippen molar-refractivity contribution in [1.82, 2.24) is 0 Å². The molecule has 0 aliphatic carbocycles. The fourth-order valence-corrected chi connectivity index (χ4v) is 3.83. The molecule has 1 saturated heterocycles. The average Bonchev–Trinajstić information content (AvgIpc) is 3.27. The van der Waals surface area contributed by atoms with Gasteiger partial charge in [-0.15, -0.1) is 0 Å². The number of hydrogen-bond acceptors (Lipinski definition) is 5. The molecule has 3 aromatic rings. The minimum Gasteiger partial charge on any atom is -0.485 e. The molecule has 2 heterocycles. The van der Waals surface area contributed by atoms with Crippen LogP contribution in [0.4, 0.5) is 0 Å². The van der Waals surface area contributed by atoms with Gasteiger partial charge in [-0.1, -0.05) is 42.5 Å². The van der Waals surface area contributed by atoms with Crippen molar-refractivity contribution in [1.29, 1.82) is 0 Å². The van der Waals surface area contributed by atoms with Crippen LogP contribution in [0, 0.1) is 0 Å². The summed E-state index contributed by atoms with van der Waals surface area (Å²) in [6.45, 7) is 8.65. The zero-order valence-electron chi connectivity index (χ0n) is 18.8. The molecule has 0 aromatic heterocycles. The van der Waals surface area contributed by atoms with Gasteiger partial charge >= 0.3 is 7.12 Å². The summed E-state index contributed by atoms with van der Waals surface area (Å²) in [6.07, 6.45) is -0.202. The average molecular weight is 430 g/mol. The van der Waals surface area contributed by atoms with Gasteiger partial charge < -0.3 is 23.5 Å². The predicted octanol–water partition coefficient (Wildman–Crippen LogP) is 5.29. The second kappa shape index (κ2) is 7.87. The van der Waals surface area contributed by atoms with Gasteiger partial charge in [-0.2, -0.15) is 0 Å². The molecule has 2 aliphatic rings. The van der Waals surface area contributed by atoms with Gasteiger partial charge in [0.05, 0.1) is 11.2 Å². The maximum absolute atomic E-state index is 6.24. The Hall–Kier alpha value is -2.96. The Bertz CT molecular complexity index is 1080. The molecule has 164 valence electrons. The fourth-order valence-electron chi connectivity index (χ4n) is 3.83. The third-order valence-electron chi connectivity index (χ3n) is 6.39. The highest BCUT2D eigenvalue weighted by molar-refractivity contribution is 6.62. The summed E-state index contributed by atoms with van der Waals surface area (Å²) in [5, 5.41) is 0. The van der Waals surface area contributed by atoms with Crippen molar-refractivity contribution in [2.75, 3.05) is 6.61 Å². The van der Waals surface area contributed by atoms with Crippen LogP contribution in [-0.2, 0) is 9.31 Å². The molecular weight excluding hydrogens is 403 g/mol. The molecule has 1 fully saturated rings.